The number of hydrogen-bond donors (Lipinski definition) is 2. The van der Waals surface area contributed by atoms with Crippen LogP contribution in [0.25, 0.3) is 0 Å². The molecule has 0 radical (unpaired) electrons. The maximum Gasteiger partial charge on any atom is 0.171 e. The summed E-state index contributed by atoms with van der Waals surface area (Å²) in [4.78, 5) is 12.2. The minimum absolute atomic E-state index is 0.0192. The number of nitrogens with one attached hydrogen (secondary N) is 2. The van der Waals surface area contributed by atoms with Gasteiger partial charge >= 0.3 is 0 Å². The van der Waals surface area contributed by atoms with Gasteiger partial charge in [-0.3, -0.25) is 4.79 Å². The normalized spacial score (nSPS) is 16.1. The zero-order valence-corrected chi connectivity index (χ0v) is 18.1. The molecule has 29 heavy (non-hydrogen) atoms. The molecule has 0 fully saturated rings. The molecule has 7 heteroatoms. The molecule has 5 nitrogen and oxygen atoms in total. The van der Waals surface area contributed by atoms with E-state index in [9.17, 15) is 4.79 Å². The van der Waals surface area contributed by atoms with E-state index in [0.717, 1.165) is 16.8 Å². The summed E-state index contributed by atoms with van der Waals surface area (Å²) in [7, 11) is 0. The van der Waals surface area contributed by atoms with Gasteiger partial charge in [0.1, 0.15) is 6.61 Å². The zero-order chi connectivity index (χ0) is 21.0. The fourth-order valence-corrected chi connectivity index (χ4v) is 3.77. The summed E-state index contributed by atoms with van der Waals surface area (Å²) in [6.07, 6.45) is 0. The van der Waals surface area contributed by atoms with Gasteiger partial charge in [-0.2, -0.15) is 0 Å². The second-order valence-electron chi connectivity index (χ2n) is 6.68. The fourth-order valence-electron chi connectivity index (χ4n) is 3.29. The Morgan fingerprint density at radius 2 is 1.97 bits per heavy atom. The van der Waals surface area contributed by atoms with Crippen molar-refractivity contribution in [3.63, 3.8) is 0 Å². The van der Waals surface area contributed by atoms with Crippen molar-refractivity contribution in [3.05, 3.63) is 69.9 Å². The lowest BCUT2D eigenvalue weighted by Gasteiger charge is -2.30. The number of ether oxygens (including phenoxy) is 2. The Bertz CT molecular complexity index is 974. The van der Waals surface area contributed by atoms with Gasteiger partial charge < -0.3 is 20.1 Å². The summed E-state index contributed by atoms with van der Waals surface area (Å²) < 4.78 is 11.8. The predicted octanol–water partition coefficient (Wildman–Crippen LogP) is 4.70. The van der Waals surface area contributed by atoms with Crippen LogP contribution in [-0.2, 0) is 11.4 Å². The second kappa shape index (κ2) is 9.29. The monoisotopic (exact) mass is 430 g/mol. The molecule has 1 unspecified atom stereocenters. The van der Waals surface area contributed by atoms with E-state index >= 15 is 0 Å². The highest BCUT2D eigenvalue weighted by Gasteiger charge is 2.28. The Labute approximate surface area is 181 Å². The zero-order valence-electron chi connectivity index (χ0n) is 16.5. The number of carbonyl (C=O) groups is 1. The number of rotatable bonds is 7. The van der Waals surface area contributed by atoms with Crippen molar-refractivity contribution in [2.24, 2.45) is 0 Å². The third-order valence-corrected chi connectivity index (χ3v) is 4.99. The van der Waals surface area contributed by atoms with Crippen LogP contribution in [0.1, 0.15) is 37.9 Å². The van der Waals surface area contributed by atoms with Crippen LogP contribution < -0.4 is 20.1 Å². The van der Waals surface area contributed by atoms with Gasteiger partial charge in [0.05, 0.1) is 12.6 Å². The van der Waals surface area contributed by atoms with E-state index in [4.69, 9.17) is 33.3 Å². The Balaban J connectivity index is 1.89. The largest absolute Gasteiger partial charge is 0.490 e. The van der Waals surface area contributed by atoms with Crippen molar-refractivity contribution in [3.8, 4) is 11.5 Å². The predicted molar refractivity (Wildman–Crippen MR) is 118 cm³/mol. The molecule has 3 rings (SSSR count). The number of allylic oxidation sites excluding steroid dienone is 1. The van der Waals surface area contributed by atoms with Crippen molar-refractivity contribution in [1.29, 1.82) is 0 Å². The molecule has 0 aliphatic carbocycles. The first-order valence-electron chi connectivity index (χ1n) is 9.32. The molecule has 0 aromatic heterocycles. The molecule has 0 saturated heterocycles. The number of thiocarbonyl (C=S) groups is 1. The number of hydrogen-bond acceptors (Lipinski definition) is 4. The first-order chi connectivity index (χ1) is 13.9. The molecule has 1 aliphatic rings. The molecule has 0 amide bonds. The molecule has 0 saturated carbocycles. The van der Waals surface area contributed by atoms with Gasteiger partial charge in [0.25, 0.3) is 0 Å². The quantitative estimate of drug-likeness (QED) is 0.621. The minimum atomic E-state index is -0.345. The van der Waals surface area contributed by atoms with E-state index in [-0.39, 0.29) is 11.8 Å². The van der Waals surface area contributed by atoms with E-state index in [1.807, 2.05) is 56.3 Å². The van der Waals surface area contributed by atoms with E-state index in [0.29, 0.717) is 40.4 Å². The molecule has 2 N–H and O–H groups in total. The molecular formula is C22H23ClN2O3S. The van der Waals surface area contributed by atoms with Crippen LogP contribution in [0.2, 0.25) is 5.02 Å². The maximum absolute atomic E-state index is 12.2. The molecule has 1 aliphatic heterocycles. The Kier molecular flexibility index (Phi) is 6.77. The van der Waals surface area contributed by atoms with Crippen molar-refractivity contribution < 1.29 is 14.3 Å². The Morgan fingerprint density at radius 1 is 1.17 bits per heavy atom. The van der Waals surface area contributed by atoms with Crippen LogP contribution >= 0.6 is 23.8 Å². The highest BCUT2D eigenvalue weighted by atomic mass is 35.5. The van der Waals surface area contributed by atoms with Gasteiger partial charge in [-0.15, -0.1) is 0 Å². The summed E-state index contributed by atoms with van der Waals surface area (Å²) in [5.41, 5.74) is 3.24. The van der Waals surface area contributed by atoms with E-state index in [1.54, 1.807) is 6.92 Å². The highest BCUT2D eigenvalue weighted by molar-refractivity contribution is 7.80. The van der Waals surface area contributed by atoms with Gasteiger partial charge in [-0.1, -0.05) is 29.8 Å². The Morgan fingerprint density at radius 3 is 2.66 bits per heavy atom. The molecule has 152 valence electrons. The van der Waals surface area contributed by atoms with Crippen LogP contribution in [0.3, 0.4) is 0 Å². The van der Waals surface area contributed by atoms with Crippen LogP contribution in [0, 0.1) is 0 Å². The molecule has 2 aromatic rings. The number of Topliss-reactive ketones (excluding diaryl/α,β-unsaturated/α-hetero) is 1. The van der Waals surface area contributed by atoms with Crippen LogP contribution in [0.5, 0.6) is 11.5 Å². The molecule has 2 aromatic carbocycles. The average molecular weight is 431 g/mol. The van der Waals surface area contributed by atoms with E-state index in [2.05, 4.69) is 10.6 Å². The lowest BCUT2D eigenvalue weighted by Crippen LogP contribution is -2.44. The number of carbonyl (C=O) groups excluding carboxylic acids is 1. The van der Waals surface area contributed by atoms with Gasteiger partial charge in [0.2, 0.25) is 0 Å². The molecule has 1 atom stereocenters. The van der Waals surface area contributed by atoms with Gasteiger partial charge in [-0.25, -0.2) is 0 Å². The maximum atomic E-state index is 12.2. The van der Waals surface area contributed by atoms with Gasteiger partial charge in [-0.05, 0) is 68.4 Å². The smallest absolute Gasteiger partial charge is 0.171 e. The summed E-state index contributed by atoms with van der Waals surface area (Å²) in [5, 5.41) is 7.34. The number of ketones is 1. The molecule has 1 heterocycles. The SMILES string of the molecule is CCOc1cc(C2NC(=S)NC(C)=C2C(C)=O)ccc1OCc1cccc(Cl)c1. The van der Waals surface area contributed by atoms with Crippen molar-refractivity contribution in [2.45, 2.75) is 33.4 Å². The standard InChI is InChI=1S/C22H23ClN2O3S/c1-4-27-19-11-16(21-20(14(3)26)13(2)24-22(29)25-21)8-9-18(19)28-12-15-6-5-7-17(23)10-15/h5-11,21H,4,12H2,1-3H3,(H2,24,25,29). The number of halogens is 1. The molecular weight excluding hydrogens is 408 g/mol. The van der Waals surface area contributed by atoms with Crippen molar-refractivity contribution >= 4 is 34.7 Å². The van der Waals surface area contributed by atoms with Crippen molar-refractivity contribution in [1.82, 2.24) is 10.6 Å². The summed E-state index contributed by atoms with van der Waals surface area (Å²) in [6, 6.07) is 12.8. The number of benzene rings is 2. The molecule has 0 spiro atoms. The van der Waals surface area contributed by atoms with Gasteiger partial charge in [0, 0.05) is 16.3 Å². The lowest BCUT2D eigenvalue weighted by molar-refractivity contribution is -0.114. The van der Waals surface area contributed by atoms with Crippen LogP contribution in [0.15, 0.2) is 53.7 Å². The lowest BCUT2D eigenvalue weighted by atomic mass is 9.93. The van der Waals surface area contributed by atoms with Crippen molar-refractivity contribution in [2.75, 3.05) is 6.61 Å². The summed E-state index contributed by atoms with van der Waals surface area (Å²) in [5.74, 6) is 1.21. The average Bonchev–Trinajstić information content (AvgIpc) is 2.66. The minimum Gasteiger partial charge on any atom is -0.490 e. The second-order valence-corrected chi connectivity index (χ2v) is 7.53. The molecule has 0 bridgehead atoms. The Hall–Kier alpha value is -2.57. The van der Waals surface area contributed by atoms with Crippen LogP contribution in [0.4, 0.5) is 0 Å². The van der Waals surface area contributed by atoms with Gasteiger partial charge in [0.15, 0.2) is 22.4 Å². The third-order valence-electron chi connectivity index (χ3n) is 4.53. The van der Waals surface area contributed by atoms with E-state index < -0.39 is 0 Å². The topological polar surface area (TPSA) is 59.6 Å². The first-order valence-corrected chi connectivity index (χ1v) is 10.1. The van der Waals surface area contributed by atoms with E-state index in [1.165, 1.54) is 0 Å². The summed E-state index contributed by atoms with van der Waals surface area (Å²) in [6.45, 7) is 6.17. The summed E-state index contributed by atoms with van der Waals surface area (Å²) >= 11 is 11.3. The fraction of sp³-hybridized carbons (Fsp3) is 0.273. The third kappa shape index (κ3) is 5.08. The van der Waals surface area contributed by atoms with Crippen LogP contribution in [-0.4, -0.2) is 17.5 Å². The highest BCUT2D eigenvalue weighted by Crippen LogP contribution is 2.35. The first kappa shape index (κ1) is 21.1.